The highest BCUT2D eigenvalue weighted by atomic mass is 35.5. The van der Waals surface area contributed by atoms with Crippen molar-refractivity contribution in [2.24, 2.45) is 0 Å². The summed E-state index contributed by atoms with van der Waals surface area (Å²) in [7, 11) is -2.74. The first-order chi connectivity index (χ1) is 22.0. The second-order valence-electron chi connectivity index (χ2n) is 10.8. The molecular formula is C35H37Cl2N3O5S. The Bertz CT molecular complexity index is 1730. The highest BCUT2D eigenvalue weighted by Crippen LogP contribution is 2.28. The van der Waals surface area contributed by atoms with Crippen molar-refractivity contribution < 1.29 is 22.7 Å². The molecule has 0 aromatic heterocycles. The smallest absolute Gasteiger partial charge is 0.264 e. The summed E-state index contributed by atoms with van der Waals surface area (Å²) in [6.45, 7) is 3.66. The van der Waals surface area contributed by atoms with Gasteiger partial charge in [-0.05, 0) is 73.0 Å². The second kappa shape index (κ2) is 16.0. The minimum atomic E-state index is -4.23. The fraction of sp³-hybridized carbons (Fsp3) is 0.257. The van der Waals surface area contributed by atoms with Crippen LogP contribution in [0.3, 0.4) is 0 Å². The lowest BCUT2D eigenvalue weighted by atomic mass is 10.0. The van der Waals surface area contributed by atoms with Crippen molar-refractivity contribution in [3.63, 3.8) is 0 Å². The maximum absolute atomic E-state index is 14.5. The third-order valence-corrected chi connectivity index (χ3v) is 9.93. The average Bonchev–Trinajstić information content (AvgIpc) is 3.06. The van der Waals surface area contributed by atoms with Gasteiger partial charge in [0.1, 0.15) is 18.3 Å². The van der Waals surface area contributed by atoms with Gasteiger partial charge in [-0.15, -0.1) is 0 Å². The van der Waals surface area contributed by atoms with E-state index in [1.807, 2.05) is 44.2 Å². The molecule has 0 heterocycles. The Morgan fingerprint density at radius 2 is 1.54 bits per heavy atom. The largest absolute Gasteiger partial charge is 0.497 e. The maximum atomic E-state index is 14.5. The van der Waals surface area contributed by atoms with Crippen LogP contribution in [0.1, 0.15) is 30.0 Å². The third kappa shape index (κ3) is 8.81. The molecule has 0 spiro atoms. The Kier molecular flexibility index (Phi) is 12.1. The van der Waals surface area contributed by atoms with Gasteiger partial charge in [0, 0.05) is 19.5 Å². The topological polar surface area (TPSA) is 96.0 Å². The number of hydrogen-bond donors (Lipinski definition) is 1. The highest BCUT2D eigenvalue weighted by Gasteiger charge is 2.34. The van der Waals surface area contributed by atoms with Gasteiger partial charge in [0.2, 0.25) is 11.8 Å². The number of hydrogen-bond acceptors (Lipinski definition) is 5. The number of nitrogens with one attached hydrogen (secondary N) is 1. The van der Waals surface area contributed by atoms with Gasteiger partial charge in [0.15, 0.2) is 0 Å². The number of aryl methyl sites for hydroxylation is 1. The van der Waals surface area contributed by atoms with E-state index in [0.29, 0.717) is 40.0 Å². The van der Waals surface area contributed by atoms with Gasteiger partial charge < -0.3 is 15.0 Å². The number of methoxy groups -OCH3 is 1. The highest BCUT2D eigenvalue weighted by molar-refractivity contribution is 7.92. The summed E-state index contributed by atoms with van der Waals surface area (Å²) in [6.07, 6.45) is 0.908. The zero-order valence-corrected chi connectivity index (χ0v) is 28.3. The molecule has 242 valence electrons. The first-order valence-corrected chi connectivity index (χ1v) is 17.0. The minimum absolute atomic E-state index is 0.0146. The molecule has 0 fully saturated rings. The van der Waals surface area contributed by atoms with E-state index in [9.17, 15) is 18.0 Å². The quantitative estimate of drug-likeness (QED) is 0.160. The van der Waals surface area contributed by atoms with E-state index >= 15 is 0 Å². The number of halogens is 2. The number of anilines is 1. The van der Waals surface area contributed by atoms with Crippen molar-refractivity contribution in [3.05, 3.63) is 124 Å². The van der Waals surface area contributed by atoms with Crippen molar-refractivity contribution in [3.8, 4) is 5.75 Å². The molecule has 0 aliphatic rings. The Morgan fingerprint density at radius 3 is 2.15 bits per heavy atom. The summed E-state index contributed by atoms with van der Waals surface area (Å²) in [5, 5.41) is 3.57. The molecule has 4 aromatic rings. The van der Waals surface area contributed by atoms with Gasteiger partial charge in [-0.1, -0.05) is 84.2 Å². The van der Waals surface area contributed by atoms with Gasteiger partial charge in [0.05, 0.1) is 27.7 Å². The first kappa shape index (κ1) is 34.8. The predicted molar refractivity (Wildman–Crippen MR) is 183 cm³/mol. The fourth-order valence-electron chi connectivity index (χ4n) is 4.87. The molecule has 0 radical (unpaired) electrons. The first-order valence-electron chi connectivity index (χ1n) is 14.8. The SMILES string of the molecule is CCCNC(=O)[C@H](Cc1ccccc1)N(Cc1ccc(Cl)c(Cl)c1)C(=O)CN(c1ccc(C)cc1)S(=O)(=O)c1ccc(OC)cc1. The van der Waals surface area contributed by atoms with E-state index < -0.39 is 28.5 Å². The van der Waals surface area contributed by atoms with Crippen molar-refractivity contribution >= 4 is 50.7 Å². The van der Waals surface area contributed by atoms with Crippen LogP contribution in [0.2, 0.25) is 10.0 Å². The number of ether oxygens (including phenoxy) is 1. The van der Waals surface area contributed by atoms with Crippen LogP contribution in [0, 0.1) is 6.92 Å². The number of amides is 2. The predicted octanol–water partition coefficient (Wildman–Crippen LogP) is 6.67. The zero-order valence-electron chi connectivity index (χ0n) is 26.0. The molecule has 4 aromatic carbocycles. The minimum Gasteiger partial charge on any atom is -0.497 e. The number of rotatable bonds is 14. The van der Waals surface area contributed by atoms with Crippen molar-refractivity contribution in [1.29, 1.82) is 0 Å². The molecule has 0 saturated carbocycles. The monoisotopic (exact) mass is 681 g/mol. The van der Waals surface area contributed by atoms with E-state index in [-0.39, 0.29) is 23.8 Å². The maximum Gasteiger partial charge on any atom is 0.264 e. The standard InChI is InChI=1S/C35H37Cl2N3O5S/c1-4-20-38-35(42)33(22-26-8-6-5-7-9-26)39(23-27-12-19-31(36)32(37)21-27)34(41)24-40(28-13-10-25(2)11-14-28)46(43,44)30-17-15-29(45-3)16-18-30/h5-19,21,33H,4,20,22-24H2,1-3H3,(H,38,42)/t33-/m0/s1. The summed E-state index contributed by atoms with van der Waals surface area (Å²) in [6, 6.07) is 26.2. The van der Waals surface area contributed by atoms with Gasteiger partial charge in [-0.3, -0.25) is 13.9 Å². The molecule has 8 nitrogen and oxygen atoms in total. The van der Waals surface area contributed by atoms with Crippen molar-refractivity contribution in [2.45, 2.75) is 44.2 Å². The Hall–Kier alpha value is -4.05. The van der Waals surface area contributed by atoms with E-state index in [1.54, 1.807) is 54.6 Å². The summed E-state index contributed by atoms with van der Waals surface area (Å²) in [4.78, 5) is 29.6. The molecule has 0 bridgehead atoms. The number of carbonyl (C=O) groups excluding carboxylic acids is 2. The molecule has 0 aliphatic heterocycles. The van der Waals surface area contributed by atoms with Crippen LogP contribution in [0.15, 0.2) is 102 Å². The Labute approximate surface area is 280 Å². The summed E-state index contributed by atoms with van der Waals surface area (Å²) in [5.41, 5.74) is 2.70. The number of benzene rings is 4. The van der Waals surface area contributed by atoms with Crippen LogP contribution in [-0.4, -0.2) is 51.4 Å². The number of nitrogens with zero attached hydrogens (tertiary/aromatic N) is 2. The van der Waals surface area contributed by atoms with Crippen LogP contribution in [0.25, 0.3) is 0 Å². The molecule has 0 saturated heterocycles. The lowest BCUT2D eigenvalue weighted by Crippen LogP contribution is -2.53. The van der Waals surface area contributed by atoms with Gasteiger partial charge in [-0.2, -0.15) is 0 Å². The van der Waals surface area contributed by atoms with Crippen LogP contribution in [-0.2, 0) is 32.6 Å². The summed E-state index contributed by atoms with van der Waals surface area (Å²) >= 11 is 12.5. The molecule has 0 unspecified atom stereocenters. The Balaban J connectivity index is 1.80. The number of carbonyl (C=O) groups is 2. The van der Waals surface area contributed by atoms with Crippen LogP contribution >= 0.6 is 23.2 Å². The second-order valence-corrected chi connectivity index (χ2v) is 13.5. The molecule has 1 atom stereocenters. The van der Waals surface area contributed by atoms with Crippen LogP contribution < -0.4 is 14.4 Å². The lowest BCUT2D eigenvalue weighted by molar-refractivity contribution is -0.140. The lowest BCUT2D eigenvalue weighted by Gasteiger charge is -2.34. The van der Waals surface area contributed by atoms with Crippen molar-refractivity contribution in [1.82, 2.24) is 10.2 Å². The summed E-state index contributed by atoms with van der Waals surface area (Å²) < 4.78 is 34.6. The fourth-order valence-corrected chi connectivity index (χ4v) is 6.60. The molecule has 4 rings (SSSR count). The molecule has 1 N–H and O–H groups in total. The normalized spacial score (nSPS) is 11.8. The summed E-state index contributed by atoms with van der Waals surface area (Å²) in [5.74, 6) is -0.429. The van der Waals surface area contributed by atoms with E-state index in [2.05, 4.69) is 5.32 Å². The van der Waals surface area contributed by atoms with E-state index in [0.717, 1.165) is 15.4 Å². The molecule has 11 heteroatoms. The van der Waals surface area contributed by atoms with Crippen molar-refractivity contribution in [2.75, 3.05) is 24.5 Å². The average molecular weight is 683 g/mol. The number of sulfonamides is 1. The molecule has 46 heavy (non-hydrogen) atoms. The van der Waals surface area contributed by atoms with Gasteiger partial charge >= 0.3 is 0 Å². The van der Waals surface area contributed by atoms with E-state index in [1.165, 1.54) is 24.1 Å². The Morgan fingerprint density at radius 1 is 0.870 bits per heavy atom. The zero-order chi connectivity index (χ0) is 33.3. The molecule has 0 aliphatic carbocycles. The van der Waals surface area contributed by atoms with Gasteiger partial charge in [-0.25, -0.2) is 8.42 Å². The molecule has 2 amide bonds. The van der Waals surface area contributed by atoms with E-state index in [4.69, 9.17) is 27.9 Å². The van der Waals surface area contributed by atoms with Crippen LogP contribution in [0.4, 0.5) is 5.69 Å². The third-order valence-electron chi connectivity index (χ3n) is 7.41. The molecular weight excluding hydrogens is 645 g/mol. The van der Waals surface area contributed by atoms with Gasteiger partial charge in [0.25, 0.3) is 10.0 Å². The van der Waals surface area contributed by atoms with Crippen LogP contribution in [0.5, 0.6) is 5.75 Å².